The summed E-state index contributed by atoms with van der Waals surface area (Å²) in [5.74, 6) is 0. The van der Waals surface area contributed by atoms with Crippen LogP contribution in [0.1, 0.15) is 19.5 Å². The van der Waals surface area contributed by atoms with Crippen LogP contribution in [0, 0.1) is 0 Å². The molecule has 128 valence electrons. The van der Waals surface area contributed by atoms with E-state index >= 15 is 0 Å². The van der Waals surface area contributed by atoms with Gasteiger partial charge in [0.2, 0.25) is 0 Å². The summed E-state index contributed by atoms with van der Waals surface area (Å²) in [7, 11) is 0. The Morgan fingerprint density at radius 1 is 1.29 bits per heavy atom. The second-order valence-corrected chi connectivity index (χ2v) is 8.64. The Kier molecular flexibility index (Phi) is 3.88. The molecule has 8 heteroatoms. The normalized spacial score (nSPS) is 21.4. The second-order valence-electron chi connectivity index (χ2n) is 6.97. The molecule has 1 saturated heterocycles. The van der Waals surface area contributed by atoms with Gasteiger partial charge in [-0.1, -0.05) is 11.8 Å². The van der Waals surface area contributed by atoms with Crippen LogP contribution in [0.25, 0.3) is 5.65 Å². The van der Waals surface area contributed by atoms with Crippen LogP contribution in [-0.2, 0) is 6.54 Å². The fraction of sp³-hybridized carbons (Fsp3) is 0.562. The van der Waals surface area contributed by atoms with E-state index in [1.807, 2.05) is 17.8 Å². The molecular weight excluding hydrogens is 324 g/mol. The van der Waals surface area contributed by atoms with Crippen LogP contribution < -0.4 is 5.56 Å². The zero-order valence-electron chi connectivity index (χ0n) is 14.0. The number of amidine groups is 1. The van der Waals surface area contributed by atoms with Gasteiger partial charge in [0.15, 0.2) is 10.8 Å². The molecule has 0 radical (unpaired) electrons. The molecule has 24 heavy (non-hydrogen) atoms. The Morgan fingerprint density at radius 3 is 2.79 bits per heavy atom. The molecule has 0 amide bonds. The van der Waals surface area contributed by atoms with Gasteiger partial charge in [-0.2, -0.15) is 0 Å². The topological polar surface area (TPSA) is 69.0 Å². The quantitative estimate of drug-likeness (QED) is 0.879. The summed E-state index contributed by atoms with van der Waals surface area (Å²) in [5, 5.41) is 4.05. The van der Waals surface area contributed by atoms with Crippen molar-refractivity contribution in [1.29, 1.82) is 0 Å². The van der Waals surface area contributed by atoms with Crippen LogP contribution in [0.4, 0.5) is 0 Å². The van der Waals surface area contributed by atoms with Gasteiger partial charge in [-0.05, 0) is 13.8 Å². The number of thioether (sulfide) groups is 1. The van der Waals surface area contributed by atoms with Gasteiger partial charge in [-0.15, -0.1) is 0 Å². The van der Waals surface area contributed by atoms with Crippen molar-refractivity contribution in [1.82, 2.24) is 24.4 Å². The van der Waals surface area contributed by atoms with Gasteiger partial charge in [-0.25, -0.2) is 9.50 Å². The zero-order valence-corrected chi connectivity index (χ0v) is 14.8. The van der Waals surface area contributed by atoms with E-state index in [0.717, 1.165) is 45.0 Å². The first kappa shape index (κ1) is 15.7. The van der Waals surface area contributed by atoms with Gasteiger partial charge in [0, 0.05) is 55.8 Å². The molecule has 2 aliphatic heterocycles. The summed E-state index contributed by atoms with van der Waals surface area (Å²) >= 11 is 1.88. The number of aliphatic imine (C=N–C) groups is 1. The average Bonchev–Trinajstić information content (AvgIpc) is 3.14. The summed E-state index contributed by atoms with van der Waals surface area (Å²) in [4.78, 5) is 26.0. The van der Waals surface area contributed by atoms with E-state index in [0.29, 0.717) is 5.65 Å². The summed E-state index contributed by atoms with van der Waals surface area (Å²) in [5.41, 5.74) is 1.45. The monoisotopic (exact) mass is 346 g/mol. The number of aromatic nitrogens is 3. The maximum Gasteiger partial charge on any atom is 0.272 e. The van der Waals surface area contributed by atoms with Crippen molar-refractivity contribution in [2.75, 3.05) is 32.7 Å². The van der Waals surface area contributed by atoms with Gasteiger partial charge in [0.1, 0.15) is 0 Å². The number of hydrogen-bond acceptors (Lipinski definition) is 6. The number of hydrogen-bond donors (Lipinski definition) is 1. The summed E-state index contributed by atoms with van der Waals surface area (Å²) < 4.78 is 1.68. The molecule has 0 saturated carbocycles. The van der Waals surface area contributed by atoms with Crippen LogP contribution in [0.15, 0.2) is 28.1 Å². The predicted molar refractivity (Wildman–Crippen MR) is 96.6 cm³/mol. The Bertz CT molecular complexity index is 830. The van der Waals surface area contributed by atoms with Crippen molar-refractivity contribution in [3.05, 3.63) is 34.4 Å². The lowest BCUT2D eigenvalue weighted by molar-refractivity contribution is 0.176. The third-order valence-electron chi connectivity index (χ3n) is 4.42. The molecule has 4 rings (SSSR count). The molecule has 2 aromatic rings. The van der Waals surface area contributed by atoms with E-state index < -0.39 is 0 Å². The molecule has 0 atom stereocenters. The minimum atomic E-state index is -0.0578. The Labute approximate surface area is 144 Å². The molecule has 2 aromatic heterocycles. The lowest BCUT2D eigenvalue weighted by atomic mass is 10.2. The number of nitrogens with one attached hydrogen (secondary N) is 1. The van der Waals surface area contributed by atoms with Crippen LogP contribution in [-0.4, -0.2) is 67.0 Å². The van der Waals surface area contributed by atoms with Gasteiger partial charge < -0.3 is 4.90 Å². The largest absolute Gasteiger partial charge is 0.349 e. The molecule has 0 aliphatic carbocycles. The third kappa shape index (κ3) is 3.08. The standard InChI is InChI=1S/C16H22N6OS/c1-16(2)11-17-15(24-16)21-7-5-20(6-8-21)10-12-9-14(23)22-13(19-12)3-4-18-22/h3-4,9,18H,5-8,10-11H2,1-2H3. The molecule has 1 N–H and O–H groups in total. The third-order valence-corrected chi connectivity index (χ3v) is 5.68. The van der Waals surface area contributed by atoms with Gasteiger partial charge in [-0.3, -0.25) is 19.8 Å². The van der Waals surface area contributed by atoms with Crippen molar-refractivity contribution < 1.29 is 0 Å². The van der Waals surface area contributed by atoms with Crippen molar-refractivity contribution in [2.24, 2.45) is 4.99 Å². The number of piperazine rings is 1. The van der Waals surface area contributed by atoms with Crippen molar-refractivity contribution in [3.63, 3.8) is 0 Å². The first-order chi connectivity index (χ1) is 11.5. The highest BCUT2D eigenvalue weighted by atomic mass is 32.2. The Morgan fingerprint density at radius 2 is 2.08 bits per heavy atom. The number of aromatic amines is 1. The van der Waals surface area contributed by atoms with Crippen molar-refractivity contribution in [2.45, 2.75) is 25.1 Å². The SMILES string of the molecule is CC1(C)CN=C(N2CCN(Cc3cc(=O)n4[nH]ccc4n3)CC2)S1. The molecule has 0 unspecified atom stereocenters. The lowest BCUT2D eigenvalue weighted by Gasteiger charge is -2.35. The summed E-state index contributed by atoms with van der Waals surface area (Å²) in [6.07, 6.45) is 1.73. The molecule has 0 spiro atoms. The first-order valence-electron chi connectivity index (χ1n) is 8.27. The Balaban J connectivity index is 1.38. The maximum absolute atomic E-state index is 12.0. The first-order valence-corrected chi connectivity index (χ1v) is 9.09. The fourth-order valence-corrected chi connectivity index (χ4v) is 4.18. The zero-order chi connectivity index (χ0) is 16.7. The lowest BCUT2D eigenvalue weighted by Crippen LogP contribution is -2.47. The van der Waals surface area contributed by atoms with E-state index in [2.05, 4.69) is 38.7 Å². The Hall–Kier alpha value is -1.80. The van der Waals surface area contributed by atoms with Crippen LogP contribution in [0.3, 0.4) is 0 Å². The van der Waals surface area contributed by atoms with E-state index in [4.69, 9.17) is 0 Å². The molecule has 7 nitrogen and oxygen atoms in total. The van der Waals surface area contributed by atoms with Crippen LogP contribution in [0.5, 0.6) is 0 Å². The highest BCUT2D eigenvalue weighted by Gasteiger charge is 2.31. The molecule has 0 aromatic carbocycles. The highest BCUT2D eigenvalue weighted by molar-refractivity contribution is 8.15. The maximum atomic E-state index is 12.0. The van der Waals surface area contributed by atoms with Crippen molar-refractivity contribution in [3.8, 4) is 0 Å². The molecule has 1 fully saturated rings. The minimum absolute atomic E-state index is 0.0578. The van der Waals surface area contributed by atoms with Gasteiger partial charge >= 0.3 is 0 Å². The number of H-pyrrole nitrogens is 1. The van der Waals surface area contributed by atoms with Crippen molar-refractivity contribution >= 4 is 22.6 Å². The molecule has 2 aliphatic rings. The molecular formula is C16H22N6OS. The smallest absolute Gasteiger partial charge is 0.272 e. The van der Waals surface area contributed by atoms with E-state index in [-0.39, 0.29) is 10.3 Å². The van der Waals surface area contributed by atoms with E-state index in [1.165, 1.54) is 9.68 Å². The van der Waals surface area contributed by atoms with Gasteiger partial charge in [0.05, 0.1) is 12.2 Å². The predicted octanol–water partition coefficient (Wildman–Crippen LogP) is 1.02. The number of fused-ring (bicyclic) bond motifs is 1. The summed E-state index contributed by atoms with van der Waals surface area (Å²) in [6, 6.07) is 3.44. The summed E-state index contributed by atoms with van der Waals surface area (Å²) in [6.45, 7) is 9.99. The van der Waals surface area contributed by atoms with Crippen LogP contribution in [0.2, 0.25) is 0 Å². The number of rotatable bonds is 2. The van der Waals surface area contributed by atoms with E-state index in [9.17, 15) is 4.79 Å². The fourth-order valence-electron chi connectivity index (χ4n) is 3.12. The van der Waals surface area contributed by atoms with Gasteiger partial charge in [0.25, 0.3) is 5.56 Å². The van der Waals surface area contributed by atoms with Crippen LogP contribution >= 0.6 is 11.8 Å². The average molecular weight is 346 g/mol. The minimum Gasteiger partial charge on any atom is -0.349 e. The molecule has 0 bridgehead atoms. The second kappa shape index (κ2) is 5.93. The number of nitrogens with zero attached hydrogens (tertiary/aromatic N) is 5. The van der Waals surface area contributed by atoms with E-state index in [1.54, 1.807) is 12.3 Å². The molecule has 4 heterocycles. The highest BCUT2D eigenvalue weighted by Crippen LogP contribution is 2.33.